The topological polar surface area (TPSA) is 93.1 Å². The Balaban J connectivity index is 0.00000124. The summed E-state index contributed by atoms with van der Waals surface area (Å²) in [7, 11) is 0. The van der Waals surface area contributed by atoms with Gasteiger partial charge in [-0.05, 0) is 87.9 Å². The van der Waals surface area contributed by atoms with Gasteiger partial charge < -0.3 is 19.7 Å². The first-order valence-corrected chi connectivity index (χ1v) is 14.5. The van der Waals surface area contributed by atoms with Gasteiger partial charge in [-0.15, -0.1) is 6.58 Å². The molecule has 2 N–H and O–H groups in total. The third kappa shape index (κ3) is 18.3. The van der Waals surface area contributed by atoms with Crippen molar-refractivity contribution in [2.75, 3.05) is 26.4 Å². The zero-order valence-corrected chi connectivity index (χ0v) is 24.0. The van der Waals surface area contributed by atoms with Crippen LogP contribution in [-0.4, -0.2) is 49.1 Å². The Morgan fingerprint density at radius 3 is 1.92 bits per heavy atom. The van der Waals surface area contributed by atoms with Gasteiger partial charge in [0, 0.05) is 6.92 Å². The molecule has 0 amide bonds. The van der Waals surface area contributed by atoms with E-state index in [1.807, 2.05) is 0 Å². The van der Waals surface area contributed by atoms with Crippen LogP contribution in [0.3, 0.4) is 0 Å². The number of esters is 1. The fourth-order valence-electron chi connectivity index (χ4n) is 5.77. The Morgan fingerprint density at radius 2 is 1.49 bits per heavy atom. The second-order valence-electron chi connectivity index (χ2n) is 10.8. The SMILES string of the molecule is C=C(C)CO.C=CCO.CCCCC1CCC(C2CCC(C(CCOC=O)CCOC(C)=O)CC2)CC1. The second-order valence-corrected chi connectivity index (χ2v) is 10.8. The molecule has 0 aromatic rings. The van der Waals surface area contributed by atoms with Crippen LogP contribution in [0.4, 0.5) is 0 Å². The lowest BCUT2D eigenvalue weighted by molar-refractivity contribution is -0.141. The van der Waals surface area contributed by atoms with E-state index in [0.29, 0.717) is 31.5 Å². The first-order valence-electron chi connectivity index (χ1n) is 14.5. The molecule has 6 heteroatoms. The molecular weight excluding hydrogens is 468 g/mol. The van der Waals surface area contributed by atoms with Crippen molar-refractivity contribution in [1.29, 1.82) is 0 Å². The number of aliphatic hydroxyl groups is 2. The molecule has 0 aliphatic heterocycles. The highest BCUT2D eigenvalue weighted by molar-refractivity contribution is 5.65. The molecular formula is C31H56O6. The summed E-state index contributed by atoms with van der Waals surface area (Å²) in [6, 6.07) is 0. The molecule has 2 aliphatic rings. The predicted molar refractivity (Wildman–Crippen MR) is 151 cm³/mol. The highest BCUT2D eigenvalue weighted by Gasteiger charge is 2.33. The predicted octanol–water partition coefficient (Wildman–Crippen LogP) is 6.64. The van der Waals surface area contributed by atoms with Crippen molar-refractivity contribution < 1.29 is 29.3 Å². The van der Waals surface area contributed by atoms with Gasteiger partial charge in [-0.2, -0.15) is 0 Å². The minimum Gasteiger partial charge on any atom is -0.468 e. The first-order chi connectivity index (χ1) is 17.8. The molecule has 0 aromatic carbocycles. The zero-order chi connectivity index (χ0) is 27.9. The maximum Gasteiger partial charge on any atom is 0.302 e. The van der Waals surface area contributed by atoms with Crippen molar-refractivity contribution >= 4 is 12.4 Å². The molecule has 2 rings (SSSR count). The quantitative estimate of drug-likeness (QED) is 0.114. The summed E-state index contributed by atoms with van der Waals surface area (Å²) >= 11 is 0. The summed E-state index contributed by atoms with van der Waals surface area (Å²) in [6.45, 7) is 13.9. The maximum absolute atomic E-state index is 11.1. The Labute approximate surface area is 226 Å². The van der Waals surface area contributed by atoms with E-state index in [-0.39, 0.29) is 19.2 Å². The molecule has 1 unspecified atom stereocenters. The average molecular weight is 525 g/mol. The number of rotatable bonds is 14. The molecule has 216 valence electrons. The molecule has 0 aromatic heterocycles. The van der Waals surface area contributed by atoms with Crippen LogP contribution >= 0.6 is 0 Å². The van der Waals surface area contributed by atoms with Crippen molar-refractivity contribution in [3.05, 3.63) is 24.8 Å². The zero-order valence-electron chi connectivity index (χ0n) is 24.0. The van der Waals surface area contributed by atoms with E-state index >= 15 is 0 Å². The summed E-state index contributed by atoms with van der Waals surface area (Å²) in [6.07, 6.45) is 18.5. The number of aliphatic hydroxyl groups excluding tert-OH is 2. The summed E-state index contributed by atoms with van der Waals surface area (Å²) in [4.78, 5) is 21.5. The first kappa shape index (κ1) is 35.3. The summed E-state index contributed by atoms with van der Waals surface area (Å²) in [5.41, 5.74) is 0.810. The van der Waals surface area contributed by atoms with Gasteiger partial charge in [0.15, 0.2) is 0 Å². The minimum absolute atomic E-state index is 0.0833. The van der Waals surface area contributed by atoms with Crippen molar-refractivity contribution in [3.8, 4) is 0 Å². The van der Waals surface area contributed by atoms with Crippen LogP contribution in [-0.2, 0) is 19.1 Å². The number of hydrogen-bond donors (Lipinski definition) is 2. The molecule has 6 nitrogen and oxygen atoms in total. The Morgan fingerprint density at radius 1 is 0.973 bits per heavy atom. The van der Waals surface area contributed by atoms with E-state index in [1.54, 1.807) is 6.92 Å². The van der Waals surface area contributed by atoms with Crippen LogP contribution in [0.25, 0.3) is 0 Å². The molecule has 0 saturated heterocycles. The number of ether oxygens (including phenoxy) is 2. The Bertz CT molecular complexity index is 589. The normalized spacial score (nSPS) is 23.7. The third-order valence-electron chi connectivity index (χ3n) is 7.87. The number of hydrogen-bond acceptors (Lipinski definition) is 6. The molecule has 0 bridgehead atoms. The summed E-state index contributed by atoms with van der Waals surface area (Å²) in [5, 5.41) is 15.8. The molecule has 2 fully saturated rings. The smallest absolute Gasteiger partial charge is 0.302 e. The van der Waals surface area contributed by atoms with Gasteiger partial charge in [-0.1, -0.05) is 57.3 Å². The monoisotopic (exact) mass is 524 g/mol. The lowest BCUT2D eigenvalue weighted by Gasteiger charge is -2.40. The van der Waals surface area contributed by atoms with Crippen LogP contribution in [0.1, 0.15) is 104 Å². The van der Waals surface area contributed by atoms with Gasteiger partial charge in [0.05, 0.1) is 26.4 Å². The largest absolute Gasteiger partial charge is 0.468 e. The van der Waals surface area contributed by atoms with E-state index in [4.69, 9.17) is 19.7 Å². The molecule has 2 saturated carbocycles. The molecule has 1 atom stereocenters. The number of unbranched alkanes of at least 4 members (excludes halogenated alkanes) is 1. The summed E-state index contributed by atoms with van der Waals surface area (Å²) < 4.78 is 10.1. The van der Waals surface area contributed by atoms with E-state index in [9.17, 15) is 9.59 Å². The van der Waals surface area contributed by atoms with E-state index in [1.165, 1.54) is 83.6 Å². The molecule has 0 radical (unpaired) electrons. The van der Waals surface area contributed by atoms with Crippen molar-refractivity contribution in [2.45, 2.75) is 104 Å². The highest BCUT2D eigenvalue weighted by atomic mass is 16.5. The maximum atomic E-state index is 11.1. The van der Waals surface area contributed by atoms with Gasteiger partial charge in [0.2, 0.25) is 0 Å². The van der Waals surface area contributed by atoms with E-state index in [2.05, 4.69) is 20.1 Å². The van der Waals surface area contributed by atoms with Crippen LogP contribution in [0.15, 0.2) is 24.8 Å². The molecule has 0 heterocycles. The minimum atomic E-state index is -0.207. The highest BCUT2D eigenvalue weighted by Crippen LogP contribution is 2.44. The Hall–Kier alpha value is -1.66. The lowest BCUT2D eigenvalue weighted by atomic mass is 9.66. The van der Waals surface area contributed by atoms with Crippen molar-refractivity contribution in [1.82, 2.24) is 0 Å². The Kier molecular flexibility index (Phi) is 22.4. The molecule has 0 spiro atoms. The van der Waals surface area contributed by atoms with Crippen molar-refractivity contribution in [2.24, 2.45) is 29.6 Å². The van der Waals surface area contributed by atoms with Gasteiger partial charge >= 0.3 is 5.97 Å². The van der Waals surface area contributed by atoms with Crippen LogP contribution < -0.4 is 0 Å². The van der Waals surface area contributed by atoms with Gasteiger partial charge in [-0.3, -0.25) is 9.59 Å². The van der Waals surface area contributed by atoms with E-state index < -0.39 is 0 Å². The van der Waals surface area contributed by atoms with E-state index in [0.717, 1.165) is 36.2 Å². The van der Waals surface area contributed by atoms with Crippen LogP contribution in [0.5, 0.6) is 0 Å². The lowest BCUT2D eigenvalue weighted by Crippen LogP contribution is -2.29. The number of carbonyl (C=O) groups is 2. The fourth-order valence-corrected chi connectivity index (χ4v) is 5.77. The van der Waals surface area contributed by atoms with Gasteiger partial charge in [0.25, 0.3) is 6.47 Å². The summed E-state index contributed by atoms with van der Waals surface area (Å²) in [5.74, 6) is 3.84. The van der Waals surface area contributed by atoms with Gasteiger partial charge in [0.1, 0.15) is 0 Å². The molecule has 37 heavy (non-hydrogen) atoms. The van der Waals surface area contributed by atoms with Crippen molar-refractivity contribution in [3.63, 3.8) is 0 Å². The number of carbonyl (C=O) groups excluding carboxylic acids is 2. The fraction of sp³-hybridized carbons (Fsp3) is 0.806. The van der Waals surface area contributed by atoms with Gasteiger partial charge in [-0.25, -0.2) is 0 Å². The van der Waals surface area contributed by atoms with Crippen LogP contribution in [0, 0.1) is 29.6 Å². The standard InChI is InChI=1S/C24H42O4.C4H8O.C3H6O/c1-3-4-5-20-6-8-21(9-7-20)22-10-12-23(13-11-22)24(14-16-27-18-25)15-17-28-19(2)26;1-4(2)3-5;1-2-3-4/h18,20-24H,3-17H2,1-2H3;5H,1,3H2,2H3;2,4H,1,3H2. The molecule has 2 aliphatic carbocycles. The third-order valence-corrected chi connectivity index (χ3v) is 7.87. The van der Waals surface area contributed by atoms with Crippen LogP contribution in [0.2, 0.25) is 0 Å². The average Bonchev–Trinajstić information content (AvgIpc) is 2.92. The second kappa shape index (κ2) is 23.5.